The van der Waals surface area contributed by atoms with Crippen LogP contribution in [0.25, 0.3) is 11.1 Å². The summed E-state index contributed by atoms with van der Waals surface area (Å²) >= 11 is 6.10. The first-order valence-corrected chi connectivity index (χ1v) is 6.15. The Morgan fingerprint density at radius 3 is 2.21 bits per heavy atom. The topological polar surface area (TPSA) is 100 Å². The Kier molecular flexibility index (Phi) is 3.46. The van der Waals surface area contributed by atoms with E-state index in [9.17, 15) is 19.8 Å². The molecule has 98 valence electrons. The van der Waals surface area contributed by atoms with Gasteiger partial charge in [-0.2, -0.15) is 0 Å². The molecular weight excluding hydrogens is 292 g/mol. The van der Waals surface area contributed by atoms with Gasteiger partial charge in [0, 0.05) is 9.90 Å². The van der Waals surface area contributed by atoms with Gasteiger partial charge in [0.15, 0.2) is 0 Å². The standard InChI is InChI=1S/C12H7ClO5S/c13-6-3-1-5(2-4-6)7-8(14)10(12(17)18)19-9(7)11(15)16/h1-4,14H,(H,15,16)(H,17,18)/p-2. The Morgan fingerprint density at radius 1 is 1.16 bits per heavy atom. The number of thiophene rings is 1. The molecule has 0 atom stereocenters. The van der Waals surface area contributed by atoms with Gasteiger partial charge in [0.1, 0.15) is 4.88 Å². The van der Waals surface area contributed by atoms with Crippen molar-refractivity contribution >= 4 is 34.9 Å². The first-order valence-electron chi connectivity index (χ1n) is 4.96. The fourth-order valence-electron chi connectivity index (χ4n) is 1.58. The van der Waals surface area contributed by atoms with E-state index < -0.39 is 22.6 Å². The van der Waals surface area contributed by atoms with Crippen LogP contribution in [0.4, 0.5) is 0 Å². The second-order valence-corrected chi connectivity index (χ2v) is 5.02. The minimum Gasteiger partial charge on any atom is -0.871 e. The molecular formula is C12H5ClO5S-2. The van der Waals surface area contributed by atoms with Gasteiger partial charge in [-0.1, -0.05) is 29.5 Å². The maximum Gasteiger partial charge on any atom is 0.346 e. The average Bonchev–Trinajstić information content (AvgIpc) is 2.68. The van der Waals surface area contributed by atoms with Gasteiger partial charge in [-0.05, 0) is 23.3 Å². The SMILES string of the molecule is O=C([O-])c1sc(C(=O)O)c(-c2ccc(Cl)cc2)c1[O-]. The van der Waals surface area contributed by atoms with Crippen molar-refractivity contribution in [1.82, 2.24) is 0 Å². The summed E-state index contributed by atoms with van der Waals surface area (Å²) in [4.78, 5) is 20.9. The third-order valence-corrected chi connectivity index (χ3v) is 3.77. The molecule has 1 aromatic carbocycles. The summed E-state index contributed by atoms with van der Waals surface area (Å²) in [5, 5.41) is 32.1. The molecule has 5 nitrogen and oxygen atoms in total. The van der Waals surface area contributed by atoms with Crippen molar-refractivity contribution in [2.75, 3.05) is 0 Å². The van der Waals surface area contributed by atoms with Crippen LogP contribution >= 0.6 is 22.9 Å². The number of rotatable bonds is 3. The number of carbonyl (C=O) groups excluding carboxylic acids is 1. The number of halogens is 1. The molecule has 19 heavy (non-hydrogen) atoms. The van der Waals surface area contributed by atoms with Gasteiger partial charge in [-0.3, -0.25) is 0 Å². The van der Waals surface area contributed by atoms with Crippen molar-refractivity contribution < 1.29 is 24.9 Å². The van der Waals surface area contributed by atoms with Crippen molar-refractivity contribution in [1.29, 1.82) is 0 Å². The lowest BCUT2D eigenvalue weighted by molar-refractivity contribution is -0.274. The quantitative estimate of drug-likeness (QED) is 0.917. The minimum absolute atomic E-state index is 0.159. The van der Waals surface area contributed by atoms with E-state index in [1.807, 2.05) is 0 Å². The van der Waals surface area contributed by atoms with Crippen molar-refractivity contribution in [3.05, 3.63) is 39.0 Å². The summed E-state index contributed by atoms with van der Waals surface area (Å²) in [7, 11) is 0. The highest BCUT2D eigenvalue weighted by molar-refractivity contribution is 7.16. The summed E-state index contributed by atoms with van der Waals surface area (Å²) in [6.07, 6.45) is 0. The average molecular weight is 297 g/mol. The molecule has 0 aliphatic heterocycles. The number of aromatic carboxylic acids is 2. The van der Waals surface area contributed by atoms with Crippen LogP contribution in [-0.2, 0) is 0 Å². The molecule has 0 aliphatic carbocycles. The first-order chi connectivity index (χ1) is 8.91. The second kappa shape index (κ2) is 4.91. The maximum absolute atomic E-state index is 11.9. The third kappa shape index (κ3) is 2.40. The summed E-state index contributed by atoms with van der Waals surface area (Å²) in [6, 6.07) is 5.88. The highest BCUT2D eigenvalue weighted by Crippen LogP contribution is 2.40. The highest BCUT2D eigenvalue weighted by Gasteiger charge is 2.19. The van der Waals surface area contributed by atoms with Gasteiger partial charge in [-0.15, -0.1) is 11.3 Å². The second-order valence-electron chi connectivity index (χ2n) is 3.56. The molecule has 0 unspecified atom stereocenters. The lowest BCUT2D eigenvalue weighted by atomic mass is 10.1. The van der Waals surface area contributed by atoms with Gasteiger partial charge in [0.05, 0.1) is 5.97 Å². The number of hydrogen-bond donors (Lipinski definition) is 1. The van der Waals surface area contributed by atoms with E-state index in [-0.39, 0.29) is 10.4 Å². The van der Waals surface area contributed by atoms with Crippen LogP contribution in [0.5, 0.6) is 5.75 Å². The molecule has 0 bridgehead atoms. The molecule has 1 N–H and O–H groups in total. The van der Waals surface area contributed by atoms with Crippen LogP contribution in [0.3, 0.4) is 0 Å². The summed E-state index contributed by atoms with van der Waals surface area (Å²) in [5.41, 5.74) is 0.143. The molecule has 0 amide bonds. The highest BCUT2D eigenvalue weighted by atomic mass is 35.5. The first kappa shape index (κ1) is 13.4. The lowest BCUT2D eigenvalue weighted by Gasteiger charge is -2.12. The number of benzene rings is 1. The van der Waals surface area contributed by atoms with Gasteiger partial charge in [-0.25, -0.2) is 4.79 Å². The Labute approximate surface area is 116 Å². The zero-order valence-corrected chi connectivity index (χ0v) is 10.7. The van der Waals surface area contributed by atoms with E-state index in [1.165, 1.54) is 24.3 Å². The van der Waals surface area contributed by atoms with Crippen LogP contribution in [0, 0.1) is 0 Å². The maximum atomic E-state index is 11.9. The Hall–Kier alpha value is -2.05. The van der Waals surface area contributed by atoms with Crippen LogP contribution in [0.15, 0.2) is 24.3 Å². The zero-order valence-electron chi connectivity index (χ0n) is 9.18. The molecule has 0 radical (unpaired) electrons. The van der Waals surface area contributed by atoms with Gasteiger partial charge in [0.2, 0.25) is 0 Å². The molecule has 7 heteroatoms. The molecule has 1 heterocycles. The molecule has 1 aromatic heterocycles. The van der Waals surface area contributed by atoms with Crippen LogP contribution < -0.4 is 10.2 Å². The lowest BCUT2D eigenvalue weighted by Crippen LogP contribution is -2.22. The zero-order chi connectivity index (χ0) is 14.2. The smallest absolute Gasteiger partial charge is 0.346 e. The van der Waals surface area contributed by atoms with Crippen LogP contribution in [0.2, 0.25) is 5.02 Å². The molecule has 0 aliphatic rings. The van der Waals surface area contributed by atoms with Crippen molar-refractivity contribution in [3.63, 3.8) is 0 Å². The Bertz CT molecular complexity index is 660. The normalized spacial score (nSPS) is 10.4. The number of carboxylic acid groups (broad SMARTS) is 2. The number of carboxylic acids is 2. The minimum atomic E-state index is -1.68. The summed E-state index contributed by atoms with van der Waals surface area (Å²) in [6.45, 7) is 0. The fourth-order valence-corrected chi connectivity index (χ4v) is 2.59. The largest absolute Gasteiger partial charge is 0.871 e. The molecule has 2 aromatic rings. The van der Waals surface area contributed by atoms with Gasteiger partial charge >= 0.3 is 5.97 Å². The van der Waals surface area contributed by atoms with E-state index >= 15 is 0 Å². The summed E-state index contributed by atoms with van der Waals surface area (Å²) < 4.78 is 0. The molecule has 0 spiro atoms. The van der Waals surface area contributed by atoms with Crippen molar-refractivity contribution in [2.24, 2.45) is 0 Å². The predicted molar refractivity (Wildman–Crippen MR) is 65.5 cm³/mol. The molecule has 2 rings (SSSR count). The molecule has 0 fully saturated rings. The Morgan fingerprint density at radius 2 is 1.74 bits per heavy atom. The van der Waals surface area contributed by atoms with E-state index in [2.05, 4.69) is 0 Å². The van der Waals surface area contributed by atoms with Crippen molar-refractivity contribution in [2.45, 2.75) is 0 Å². The third-order valence-electron chi connectivity index (χ3n) is 2.38. The monoisotopic (exact) mass is 296 g/mol. The number of hydrogen-bond acceptors (Lipinski definition) is 5. The summed E-state index contributed by atoms with van der Waals surface area (Å²) in [5.74, 6) is -3.90. The van der Waals surface area contributed by atoms with Crippen molar-refractivity contribution in [3.8, 4) is 16.9 Å². The van der Waals surface area contributed by atoms with Gasteiger partial charge in [0.25, 0.3) is 0 Å². The van der Waals surface area contributed by atoms with E-state index in [1.54, 1.807) is 0 Å². The Balaban J connectivity index is 2.70. The van der Waals surface area contributed by atoms with Crippen LogP contribution in [0.1, 0.15) is 19.3 Å². The molecule has 0 saturated carbocycles. The molecule has 0 saturated heterocycles. The fraction of sp³-hybridized carbons (Fsp3) is 0. The number of carbonyl (C=O) groups is 2. The van der Waals surface area contributed by atoms with E-state index in [4.69, 9.17) is 16.7 Å². The van der Waals surface area contributed by atoms with Gasteiger partial charge < -0.3 is 20.1 Å². The van der Waals surface area contributed by atoms with E-state index in [0.717, 1.165) is 0 Å². The van der Waals surface area contributed by atoms with Crippen LogP contribution in [-0.4, -0.2) is 17.0 Å². The predicted octanol–water partition coefficient (Wildman–Crippen LogP) is 1.20. The van der Waals surface area contributed by atoms with E-state index in [0.29, 0.717) is 21.9 Å².